The summed E-state index contributed by atoms with van der Waals surface area (Å²) in [5.74, 6) is 1.12. The van der Waals surface area contributed by atoms with Crippen molar-refractivity contribution in [3.05, 3.63) is 29.8 Å². The average molecular weight is 292 g/mol. The van der Waals surface area contributed by atoms with Gasteiger partial charge in [-0.25, -0.2) is 4.79 Å². The highest BCUT2D eigenvalue weighted by Gasteiger charge is 2.25. The first kappa shape index (κ1) is 15.6. The van der Waals surface area contributed by atoms with Crippen molar-refractivity contribution in [2.24, 2.45) is 5.92 Å². The van der Waals surface area contributed by atoms with Gasteiger partial charge in [-0.05, 0) is 31.4 Å². The first-order valence-corrected chi connectivity index (χ1v) is 7.59. The number of hydrogen-bond donors (Lipinski definition) is 2. The second-order valence-corrected chi connectivity index (χ2v) is 5.31. The van der Waals surface area contributed by atoms with E-state index in [1.54, 1.807) is 4.90 Å². The summed E-state index contributed by atoms with van der Waals surface area (Å²) in [5.41, 5.74) is 1.11. The van der Waals surface area contributed by atoms with E-state index < -0.39 is 0 Å². The van der Waals surface area contributed by atoms with Gasteiger partial charge in [-0.3, -0.25) is 0 Å². The van der Waals surface area contributed by atoms with E-state index in [1.807, 2.05) is 31.2 Å². The number of nitrogens with zero attached hydrogens (tertiary/aromatic N) is 1. The Hall–Kier alpha value is -1.75. The topological polar surface area (TPSA) is 61.8 Å². The average Bonchev–Trinajstić information content (AvgIpc) is 2.98. The molecule has 0 saturated carbocycles. The minimum absolute atomic E-state index is 0.0418. The van der Waals surface area contributed by atoms with Gasteiger partial charge in [-0.15, -0.1) is 0 Å². The molecule has 2 amide bonds. The van der Waals surface area contributed by atoms with E-state index in [0.717, 1.165) is 30.7 Å². The quantitative estimate of drug-likeness (QED) is 0.838. The third-order valence-electron chi connectivity index (χ3n) is 3.77. The predicted molar refractivity (Wildman–Crippen MR) is 81.5 cm³/mol. The van der Waals surface area contributed by atoms with Crippen LogP contribution in [0.2, 0.25) is 0 Å². The van der Waals surface area contributed by atoms with Gasteiger partial charge in [0.25, 0.3) is 0 Å². The maximum Gasteiger partial charge on any atom is 0.317 e. The fraction of sp³-hybridized carbons (Fsp3) is 0.562. The van der Waals surface area contributed by atoms with Crippen LogP contribution in [0.5, 0.6) is 5.75 Å². The maximum atomic E-state index is 12.0. The Morgan fingerprint density at radius 3 is 3.00 bits per heavy atom. The number of hydrogen-bond acceptors (Lipinski definition) is 3. The Balaban J connectivity index is 1.78. The Labute approximate surface area is 125 Å². The number of carbonyl (C=O) groups is 1. The van der Waals surface area contributed by atoms with E-state index in [0.29, 0.717) is 19.7 Å². The van der Waals surface area contributed by atoms with Crippen molar-refractivity contribution >= 4 is 6.03 Å². The molecule has 1 aromatic carbocycles. The van der Waals surface area contributed by atoms with Gasteiger partial charge in [0, 0.05) is 32.2 Å². The number of aliphatic hydroxyl groups excluding tert-OH is 1. The molecule has 1 saturated heterocycles. The molecule has 0 spiro atoms. The summed E-state index contributed by atoms with van der Waals surface area (Å²) < 4.78 is 5.57. The molecule has 5 heteroatoms. The number of carbonyl (C=O) groups excluding carboxylic acids is 1. The molecule has 5 nitrogen and oxygen atoms in total. The molecule has 0 radical (unpaired) electrons. The van der Waals surface area contributed by atoms with Crippen molar-refractivity contribution in [1.29, 1.82) is 0 Å². The Bertz CT molecular complexity index is 465. The van der Waals surface area contributed by atoms with E-state index in [1.165, 1.54) is 0 Å². The molecular weight excluding hydrogens is 268 g/mol. The molecule has 0 bridgehead atoms. The first-order chi connectivity index (χ1) is 10.2. The summed E-state index contributed by atoms with van der Waals surface area (Å²) in [7, 11) is 0. The number of urea groups is 1. The van der Waals surface area contributed by atoms with Crippen LogP contribution in [0.3, 0.4) is 0 Å². The summed E-state index contributed by atoms with van der Waals surface area (Å²) in [5, 5.41) is 12.0. The summed E-state index contributed by atoms with van der Waals surface area (Å²) in [6.45, 7) is 4.72. The van der Waals surface area contributed by atoms with Crippen molar-refractivity contribution in [3.63, 3.8) is 0 Å². The third-order valence-corrected chi connectivity index (χ3v) is 3.77. The second kappa shape index (κ2) is 7.88. The molecule has 0 aliphatic carbocycles. The van der Waals surface area contributed by atoms with Crippen molar-refractivity contribution < 1.29 is 14.6 Å². The number of aliphatic hydroxyl groups is 1. The van der Waals surface area contributed by atoms with Crippen LogP contribution >= 0.6 is 0 Å². The largest absolute Gasteiger partial charge is 0.494 e. The monoisotopic (exact) mass is 292 g/mol. The maximum absolute atomic E-state index is 12.0. The lowest BCUT2D eigenvalue weighted by Crippen LogP contribution is -2.39. The van der Waals surface area contributed by atoms with Gasteiger partial charge >= 0.3 is 6.03 Å². The molecule has 1 aliphatic heterocycles. The Morgan fingerprint density at radius 2 is 2.29 bits per heavy atom. The molecule has 1 aromatic rings. The number of amides is 2. The summed E-state index contributed by atoms with van der Waals surface area (Å²) in [6, 6.07) is 7.86. The number of nitrogens with one attached hydrogen (secondary N) is 1. The predicted octanol–water partition coefficient (Wildman–Crippen LogP) is 1.65. The number of rotatable bonds is 6. The smallest absolute Gasteiger partial charge is 0.317 e. The van der Waals surface area contributed by atoms with Crippen molar-refractivity contribution in [2.45, 2.75) is 19.8 Å². The van der Waals surface area contributed by atoms with Crippen molar-refractivity contribution in [1.82, 2.24) is 10.2 Å². The van der Waals surface area contributed by atoms with Crippen molar-refractivity contribution in [3.8, 4) is 5.75 Å². The van der Waals surface area contributed by atoms with Gasteiger partial charge in [0.2, 0.25) is 0 Å². The van der Waals surface area contributed by atoms with E-state index in [-0.39, 0.29) is 18.6 Å². The van der Waals surface area contributed by atoms with Gasteiger partial charge < -0.3 is 20.1 Å². The lowest BCUT2D eigenvalue weighted by molar-refractivity contribution is 0.198. The highest BCUT2D eigenvalue weighted by Crippen LogP contribution is 2.18. The van der Waals surface area contributed by atoms with E-state index in [4.69, 9.17) is 9.84 Å². The zero-order chi connectivity index (χ0) is 15.1. The fourth-order valence-electron chi connectivity index (χ4n) is 2.59. The molecule has 2 N–H and O–H groups in total. The molecule has 1 fully saturated rings. The second-order valence-electron chi connectivity index (χ2n) is 5.31. The lowest BCUT2D eigenvalue weighted by Gasteiger charge is -2.17. The van der Waals surface area contributed by atoms with Crippen LogP contribution in [0.1, 0.15) is 18.9 Å². The van der Waals surface area contributed by atoms with E-state index in [9.17, 15) is 4.79 Å². The van der Waals surface area contributed by atoms with Crippen LogP contribution in [0.4, 0.5) is 4.79 Å². The lowest BCUT2D eigenvalue weighted by atomic mass is 10.1. The zero-order valence-corrected chi connectivity index (χ0v) is 12.5. The summed E-state index contributed by atoms with van der Waals surface area (Å²) >= 11 is 0. The van der Waals surface area contributed by atoms with Crippen LogP contribution in [0.25, 0.3) is 0 Å². The third kappa shape index (κ3) is 4.36. The number of ether oxygens (including phenoxy) is 1. The number of benzene rings is 1. The molecule has 0 aromatic heterocycles. The Morgan fingerprint density at radius 1 is 1.48 bits per heavy atom. The van der Waals surface area contributed by atoms with Crippen LogP contribution in [-0.2, 0) is 6.42 Å². The molecule has 1 unspecified atom stereocenters. The standard InChI is InChI=1S/C16H24N2O3/c1-2-21-15-6-4-3-5-14(15)7-9-17-16(20)18-10-8-13(11-18)12-19/h3-6,13,19H,2,7-12H2,1H3,(H,17,20). The molecular formula is C16H24N2O3. The molecule has 1 heterocycles. The van der Waals surface area contributed by atoms with E-state index >= 15 is 0 Å². The molecule has 2 rings (SSSR count). The van der Waals surface area contributed by atoms with Gasteiger partial charge in [0.05, 0.1) is 6.61 Å². The molecule has 116 valence electrons. The summed E-state index contributed by atoms with van der Waals surface area (Å²) in [4.78, 5) is 13.8. The molecule has 1 atom stereocenters. The normalized spacial score (nSPS) is 17.8. The van der Waals surface area contributed by atoms with Crippen LogP contribution in [0, 0.1) is 5.92 Å². The highest BCUT2D eigenvalue weighted by molar-refractivity contribution is 5.74. The first-order valence-electron chi connectivity index (χ1n) is 7.59. The minimum atomic E-state index is -0.0418. The number of likely N-dealkylation sites (tertiary alicyclic amines) is 1. The van der Waals surface area contributed by atoms with Gasteiger partial charge in [0.15, 0.2) is 0 Å². The molecule has 1 aliphatic rings. The van der Waals surface area contributed by atoms with E-state index in [2.05, 4.69) is 5.32 Å². The van der Waals surface area contributed by atoms with Gasteiger partial charge in [-0.1, -0.05) is 18.2 Å². The van der Waals surface area contributed by atoms with Crippen LogP contribution in [0.15, 0.2) is 24.3 Å². The molecule has 21 heavy (non-hydrogen) atoms. The fourth-order valence-corrected chi connectivity index (χ4v) is 2.59. The van der Waals surface area contributed by atoms with Crippen molar-refractivity contribution in [2.75, 3.05) is 32.8 Å². The number of para-hydroxylation sites is 1. The highest BCUT2D eigenvalue weighted by atomic mass is 16.5. The van der Waals surface area contributed by atoms with Crippen LogP contribution < -0.4 is 10.1 Å². The minimum Gasteiger partial charge on any atom is -0.494 e. The van der Waals surface area contributed by atoms with Gasteiger partial charge in [-0.2, -0.15) is 0 Å². The van der Waals surface area contributed by atoms with Crippen LogP contribution in [-0.4, -0.2) is 48.9 Å². The van der Waals surface area contributed by atoms with Gasteiger partial charge in [0.1, 0.15) is 5.75 Å². The zero-order valence-electron chi connectivity index (χ0n) is 12.5. The summed E-state index contributed by atoms with van der Waals surface area (Å²) in [6.07, 6.45) is 1.64. The SMILES string of the molecule is CCOc1ccccc1CCNC(=O)N1CCC(CO)C1. The Kier molecular flexibility index (Phi) is 5.87.